The number of aromatic amines is 1. The van der Waals surface area contributed by atoms with Crippen LogP contribution < -0.4 is 15.5 Å². The average molecular weight is 719 g/mol. The van der Waals surface area contributed by atoms with Crippen molar-refractivity contribution in [2.45, 2.75) is 38.1 Å². The molecule has 2 amide bonds. The van der Waals surface area contributed by atoms with Crippen molar-refractivity contribution in [3.8, 4) is 0 Å². The maximum absolute atomic E-state index is 13.9. The highest BCUT2D eigenvalue weighted by atomic mass is 19.1. The topological polar surface area (TPSA) is 138 Å². The molecule has 276 valence electrons. The second-order valence-electron chi connectivity index (χ2n) is 12.9. The number of fused-ring (bicyclic) bond motifs is 1. The second-order valence-corrected chi connectivity index (χ2v) is 12.9. The lowest BCUT2D eigenvalue weighted by atomic mass is 10.0. The van der Waals surface area contributed by atoms with E-state index >= 15 is 0 Å². The average Bonchev–Trinajstić information content (AvgIpc) is 3.54. The van der Waals surface area contributed by atoms with E-state index in [0.29, 0.717) is 112 Å². The highest BCUT2D eigenvalue weighted by Gasteiger charge is 2.24. The van der Waals surface area contributed by atoms with Crippen molar-refractivity contribution in [1.82, 2.24) is 15.1 Å². The Kier molecular flexibility index (Phi) is 12.8. The maximum Gasteiger partial charge on any atom is 0.258 e. The summed E-state index contributed by atoms with van der Waals surface area (Å²) in [7, 11) is 0. The molecule has 0 radical (unpaired) electrons. The van der Waals surface area contributed by atoms with Crippen molar-refractivity contribution >= 4 is 46.2 Å². The molecule has 0 spiro atoms. The van der Waals surface area contributed by atoms with Crippen molar-refractivity contribution in [1.29, 1.82) is 0 Å². The number of rotatable bonds is 16. The fourth-order valence-corrected chi connectivity index (χ4v) is 6.48. The number of carbonyl (C=O) groups is 3. The van der Waals surface area contributed by atoms with Gasteiger partial charge < -0.3 is 39.4 Å². The molecule has 3 aromatic carbocycles. The Morgan fingerprint density at radius 2 is 1.65 bits per heavy atom. The number of carbonyl (C=O) groups excluding carboxylic acids is 3. The summed E-state index contributed by atoms with van der Waals surface area (Å²) < 4.78 is 44.0. The van der Waals surface area contributed by atoms with Gasteiger partial charge in [0.1, 0.15) is 17.9 Å². The number of anilines is 3. The maximum atomic E-state index is 13.9. The van der Waals surface area contributed by atoms with Gasteiger partial charge in [-0.05, 0) is 72.9 Å². The molecule has 0 saturated carbocycles. The molecular formula is C38H44F2N6O6. The van der Waals surface area contributed by atoms with Gasteiger partial charge in [-0.2, -0.15) is 5.10 Å². The summed E-state index contributed by atoms with van der Waals surface area (Å²) in [6.07, 6.45) is 3.38. The lowest BCUT2D eigenvalue weighted by molar-refractivity contribution is -0.132. The number of hydrogen-bond donors (Lipinski definition) is 3. The Morgan fingerprint density at radius 1 is 0.904 bits per heavy atom. The molecule has 0 aliphatic carbocycles. The minimum atomic E-state index is -0.634. The van der Waals surface area contributed by atoms with E-state index in [1.54, 1.807) is 0 Å². The molecule has 12 nitrogen and oxygen atoms in total. The smallest absolute Gasteiger partial charge is 0.258 e. The van der Waals surface area contributed by atoms with E-state index in [9.17, 15) is 23.2 Å². The number of aromatic nitrogens is 2. The van der Waals surface area contributed by atoms with Gasteiger partial charge in [0, 0.05) is 74.7 Å². The number of aldehydes is 1. The number of H-pyrrole nitrogens is 1. The molecule has 14 heteroatoms. The third-order valence-corrected chi connectivity index (χ3v) is 9.23. The minimum Gasteiger partial charge on any atom is -0.381 e. The van der Waals surface area contributed by atoms with Crippen LogP contribution in [-0.2, 0) is 30.2 Å². The van der Waals surface area contributed by atoms with Gasteiger partial charge in [-0.1, -0.05) is 6.07 Å². The number of ether oxygens (including phenoxy) is 3. The first kappa shape index (κ1) is 36.9. The van der Waals surface area contributed by atoms with E-state index in [2.05, 4.69) is 25.7 Å². The summed E-state index contributed by atoms with van der Waals surface area (Å²) in [5.74, 6) is -1.22. The van der Waals surface area contributed by atoms with Crippen molar-refractivity contribution in [2.24, 2.45) is 0 Å². The van der Waals surface area contributed by atoms with Gasteiger partial charge in [-0.3, -0.25) is 14.7 Å². The summed E-state index contributed by atoms with van der Waals surface area (Å²) in [4.78, 5) is 41.1. The Labute approximate surface area is 300 Å². The van der Waals surface area contributed by atoms with Gasteiger partial charge in [0.15, 0.2) is 5.82 Å². The molecule has 4 aromatic rings. The van der Waals surface area contributed by atoms with Crippen LogP contribution in [0.5, 0.6) is 0 Å². The van der Waals surface area contributed by atoms with Crippen LogP contribution >= 0.6 is 0 Å². The Hall–Kier alpha value is -4.92. The number of nitrogens with zero attached hydrogens (tertiary/aromatic N) is 3. The van der Waals surface area contributed by atoms with Gasteiger partial charge in [-0.15, -0.1) is 0 Å². The predicted octanol–water partition coefficient (Wildman–Crippen LogP) is 4.94. The van der Waals surface area contributed by atoms with Gasteiger partial charge in [-0.25, -0.2) is 8.78 Å². The Balaban J connectivity index is 1.10. The first-order valence-corrected chi connectivity index (χ1v) is 17.7. The van der Waals surface area contributed by atoms with E-state index < -0.39 is 11.6 Å². The van der Waals surface area contributed by atoms with Crippen LogP contribution in [0.2, 0.25) is 0 Å². The van der Waals surface area contributed by atoms with Crippen molar-refractivity contribution < 1.29 is 37.4 Å². The predicted molar refractivity (Wildman–Crippen MR) is 193 cm³/mol. The monoisotopic (exact) mass is 718 g/mol. The number of amides is 2. The summed E-state index contributed by atoms with van der Waals surface area (Å²) in [6.45, 7) is 5.14. The zero-order valence-electron chi connectivity index (χ0n) is 29.0. The van der Waals surface area contributed by atoms with E-state index in [0.717, 1.165) is 36.4 Å². The highest BCUT2D eigenvalue weighted by Crippen LogP contribution is 2.29. The largest absolute Gasteiger partial charge is 0.381 e. The third kappa shape index (κ3) is 9.90. The van der Waals surface area contributed by atoms with Gasteiger partial charge in [0.05, 0.1) is 43.9 Å². The SMILES string of the molecule is O=CCCOCCOCCC(=O)N1CCN(c2ccc(C(=O)Nc3n[nH]c4ccc(Cc5cc(F)cc(F)c5)cc34)c(NC3CCOCC3)c2)CC1. The van der Waals surface area contributed by atoms with Gasteiger partial charge in [0.2, 0.25) is 5.91 Å². The molecule has 2 saturated heterocycles. The van der Waals surface area contributed by atoms with Crippen molar-refractivity contribution in [3.05, 3.63) is 82.9 Å². The molecule has 2 aliphatic rings. The standard InChI is InChI=1S/C38H44F2N6O6/c39-28-21-27(22-29(40)24-28)20-26-2-5-34-33(23-26)37(44-43-34)42-38(49)32-4-3-31(25-35(32)41-30-6-15-51-16-7-30)45-9-11-46(12-10-45)36(48)8-17-52-19-18-50-14-1-13-47/h2-5,13,21-25,30,41H,1,6-12,14-20H2,(H2,42,43,44,49). The molecule has 3 heterocycles. The molecule has 3 N–H and O–H groups in total. The molecule has 0 bridgehead atoms. The van der Waals surface area contributed by atoms with E-state index in [-0.39, 0.29) is 24.3 Å². The van der Waals surface area contributed by atoms with Crippen LogP contribution in [0, 0.1) is 11.6 Å². The summed E-state index contributed by atoms with van der Waals surface area (Å²) >= 11 is 0. The van der Waals surface area contributed by atoms with Crippen molar-refractivity contribution in [2.75, 3.05) is 81.4 Å². The molecule has 52 heavy (non-hydrogen) atoms. The third-order valence-electron chi connectivity index (χ3n) is 9.23. The Morgan fingerprint density at radius 3 is 2.40 bits per heavy atom. The molecule has 2 fully saturated rings. The van der Waals surface area contributed by atoms with Crippen LogP contribution in [0.25, 0.3) is 10.9 Å². The number of hydrogen-bond acceptors (Lipinski definition) is 9. The Bertz CT molecular complexity index is 1820. The zero-order chi connectivity index (χ0) is 36.3. The van der Waals surface area contributed by atoms with Gasteiger partial charge >= 0.3 is 0 Å². The molecule has 2 aliphatic heterocycles. The zero-order valence-corrected chi connectivity index (χ0v) is 29.0. The summed E-state index contributed by atoms with van der Waals surface area (Å²) in [6, 6.07) is 14.8. The lowest BCUT2D eigenvalue weighted by Crippen LogP contribution is -2.49. The molecular weight excluding hydrogens is 674 g/mol. The van der Waals surface area contributed by atoms with Gasteiger partial charge in [0.25, 0.3) is 5.91 Å². The van der Waals surface area contributed by atoms with Crippen LogP contribution in [0.3, 0.4) is 0 Å². The fraction of sp³-hybridized carbons (Fsp3) is 0.421. The van der Waals surface area contributed by atoms with E-state index in [4.69, 9.17) is 14.2 Å². The number of nitrogens with one attached hydrogen (secondary N) is 3. The molecule has 0 atom stereocenters. The lowest BCUT2D eigenvalue weighted by Gasteiger charge is -2.36. The summed E-state index contributed by atoms with van der Waals surface area (Å²) in [5, 5.41) is 14.5. The first-order valence-electron chi connectivity index (χ1n) is 17.7. The van der Waals surface area contributed by atoms with E-state index in [1.807, 2.05) is 41.3 Å². The van der Waals surface area contributed by atoms with Crippen LogP contribution in [0.15, 0.2) is 54.6 Å². The highest BCUT2D eigenvalue weighted by molar-refractivity contribution is 6.11. The van der Waals surface area contributed by atoms with Crippen LogP contribution in [0.1, 0.15) is 47.2 Å². The fourth-order valence-electron chi connectivity index (χ4n) is 6.48. The minimum absolute atomic E-state index is 0.0382. The molecule has 0 unspecified atom stereocenters. The summed E-state index contributed by atoms with van der Waals surface area (Å²) in [5.41, 5.74) is 4.12. The molecule has 6 rings (SSSR count). The van der Waals surface area contributed by atoms with E-state index in [1.165, 1.54) is 12.1 Å². The quantitative estimate of drug-likeness (QED) is 0.109. The van der Waals surface area contributed by atoms with Crippen LogP contribution in [0.4, 0.5) is 26.0 Å². The number of benzene rings is 3. The van der Waals surface area contributed by atoms with Crippen molar-refractivity contribution in [3.63, 3.8) is 0 Å². The first-order chi connectivity index (χ1) is 25.4. The second kappa shape index (κ2) is 18.0. The molecule has 1 aromatic heterocycles. The number of piperazine rings is 1. The van der Waals surface area contributed by atoms with Crippen LogP contribution in [-0.4, -0.2) is 105 Å². The number of halogens is 2. The normalized spacial score (nSPS) is 15.2.